The Kier molecular flexibility index (Phi) is 39.9. The number of nitrogens with one attached hydrogen (secondary N) is 1. The molecule has 8 nitrogen and oxygen atoms in total. The Labute approximate surface area is 364 Å². The third kappa shape index (κ3) is 43.8. The number of quaternary nitrogens is 1. The summed E-state index contributed by atoms with van der Waals surface area (Å²) in [5.74, 6) is -0.208. The monoisotopic (exact) mass is 847 g/mol. The average Bonchev–Trinajstić information content (AvgIpc) is 3.19. The van der Waals surface area contributed by atoms with Crippen molar-refractivity contribution in [2.45, 2.75) is 199 Å². The topological polar surface area (TPSA) is 108 Å². The van der Waals surface area contributed by atoms with E-state index in [-0.39, 0.29) is 19.1 Å². The zero-order valence-corrected chi connectivity index (χ0v) is 39.6. The molecule has 0 fully saturated rings. The van der Waals surface area contributed by atoms with Gasteiger partial charge in [-0.05, 0) is 64.2 Å². The van der Waals surface area contributed by atoms with Crippen LogP contribution in [0.15, 0.2) is 72.9 Å². The van der Waals surface area contributed by atoms with E-state index in [1.807, 2.05) is 27.2 Å². The molecule has 0 bridgehead atoms. The van der Waals surface area contributed by atoms with Crippen LogP contribution in [0.25, 0.3) is 0 Å². The molecule has 0 aromatic heterocycles. The third-order valence-electron chi connectivity index (χ3n) is 10.2. The Morgan fingerprint density at radius 1 is 0.610 bits per heavy atom. The highest BCUT2D eigenvalue weighted by atomic mass is 31.2. The van der Waals surface area contributed by atoms with E-state index in [2.05, 4.69) is 79.9 Å². The van der Waals surface area contributed by atoms with E-state index >= 15 is 0 Å². The number of unbranched alkanes of at least 4 members (excludes halogenated alkanes) is 19. The summed E-state index contributed by atoms with van der Waals surface area (Å²) >= 11 is 0. The van der Waals surface area contributed by atoms with Crippen molar-refractivity contribution in [1.29, 1.82) is 0 Å². The summed E-state index contributed by atoms with van der Waals surface area (Å²) in [7, 11) is 1.25. The number of likely N-dealkylation sites (N-methyl/N-ethyl adjacent to an activating group) is 1. The fourth-order valence-electron chi connectivity index (χ4n) is 6.41. The summed E-state index contributed by atoms with van der Waals surface area (Å²) in [6.45, 7) is 4.50. The Hall–Kier alpha value is -2.06. The van der Waals surface area contributed by atoms with Crippen LogP contribution in [-0.2, 0) is 18.4 Å². The largest absolute Gasteiger partial charge is 0.756 e. The molecule has 0 aliphatic rings. The molecule has 0 heterocycles. The van der Waals surface area contributed by atoms with Crippen LogP contribution in [0.2, 0.25) is 0 Å². The quantitative estimate of drug-likeness (QED) is 0.0274. The third-order valence-corrected chi connectivity index (χ3v) is 11.1. The minimum atomic E-state index is -4.59. The average molecular weight is 847 g/mol. The molecule has 0 aliphatic heterocycles. The van der Waals surface area contributed by atoms with Gasteiger partial charge in [-0.1, -0.05) is 189 Å². The number of hydrogen-bond donors (Lipinski definition) is 2. The van der Waals surface area contributed by atoms with Crippen LogP contribution in [-0.4, -0.2) is 68.5 Å². The Morgan fingerprint density at radius 2 is 1.03 bits per heavy atom. The van der Waals surface area contributed by atoms with Gasteiger partial charge in [-0.25, -0.2) is 0 Å². The van der Waals surface area contributed by atoms with Crippen LogP contribution in [0.5, 0.6) is 0 Å². The molecular weight excluding hydrogens is 756 g/mol. The second kappa shape index (κ2) is 41.3. The lowest BCUT2D eigenvalue weighted by atomic mass is 10.0. The van der Waals surface area contributed by atoms with Crippen LogP contribution in [0, 0.1) is 0 Å². The van der Waals surface area contributed by atoms with Gasteiger partial charge in [0.1, 0.15) is 13.2 Å². The lowest BCUT2D eigenvalue weighted by Gasteiger charge is -2.29. The predicted octanol–water partition coefficient (Wildman–Crippen LogP) is 12.9. The number of aliphatic hydroxyl groups excluding tert-OH is 1. The molecule has 0 rings (SSSR count). The van der Waals surface area contributed by atoms with Gasteiger partial charge in [-0.3, -0.25) is 9.36 Å². The first-order chi connectivity index (χ1) is 28.5. The number of phosphoric ester groups is 1. The minimum Gasteiger partial charge on any atom is -0.756 e. The highest BCUT2D eigenvalue weighted by molar-refractivity contribution is 7.45. The molecular formula is C50H91N2O6P. The molecule has 0 saturated heterocycles. The lowest BCUT2D eigenvalue weighted by Crippen LogP contribution is -2.45. The number of carbonyl (C=O) groups is 1. The van der Waals surface area contributed by atoms with Crippen molar-refractivity contribution in [3.05, 3.63) is 72.9 Å². The molecule has 59 heavy (non-hydrogen) atoms. The molecule has 3 unspecified atom stereocenters. The molecule has 0 saturated carbocycles. The molecule has 1 amide bonds. The van der Waals surface area contributed by atoms with E-state index in [0.29, 0.717) is 17.4 Å². The zero-order valence-electron chi connectivity index (χ0n) is 38.7. The van der Waals surface area contributed by atoms with Crippen LogP contribution >= 0.6 is 7.82 Å². The Balaban J connectivity index is 4.29. The highest BCUT2D eigenvalue weighted by Gasteiger charge is 2.23. The van der Waals surface area contributed by atoms with E-state index in [1.165, 1.54) is 89.9 Å². The number of phosphoric acid groups is 1. The standard InChI is InChI=1S/C50H91N2O6P/c1-6-8-10-12-14-16-18-20-21-22-23-24-25-26-27-28-29-30-31-32-34-36-38-40-42-44-50(54)51-48(47-58-59(55,56)57-46-45-52(3,4)5)49(53)43-41-39-37-35-33-19-17-15-13-11-9-7-2/h8,10,14,16,20-21,23-24,26-27,41,43,48-49,53H,6-7,9,11-13,15,17-19,22,25,28-40,42,44-47H2,1-5H3,(H-,51,54,55,56)/b10-8-,16-14-,21-20-,24-23-,27-26-,43-41+. The summed E-state index contributed by atoms with van der Waals surface area (Å²) in [6.07, 6.45) is 55.2. The summed E-state index contributed by atoms with van der Waals surface area (Å²) in [6, 6.07) is -0.892. The number of aliphatic hydroxyl groups is 1. The maximum atomic E-state index is 12.9. The minimum absolute atomic E-state index is 0.00553. The van der Waals surface area contributed by atoms with Gasteiger partial charge >= 0.3 is 0 Å². The lowest BCUT2D eigenvalue weighted by molar-refractivity contribution is -0.870. The Bertz CT molecular complexity index is 1190. The van der Waals surface area contributed by atoms with E-state index in [4.69, 9.17) is 9.05 Å². The molecule has 0 spiro atoms. The molecule has 0 aromatic rings. The molecule has 0 radical (unpaired) electrons. The summed E-state index contributed by atoms with van der Waals surface area (Å²) in [5.41, 5.74) is 0. The van der Waals surface area contributed by atoms with Crippen molar-refractivity contribution in [3.63, 3.8) is 0 Å². The second-order valence-electron chi connectivity index (χ2n) is 17.1. The van der Waals surface area contributed by atoms with Crippen molar-refractivity contribution >= 4 is 13.7 Å². The maximum Gasteiger partial charge on any atom is 0.268 e. The van der Waals surface area contributed by atoms with Gasteiger partial charge in [-0.2, -0.15) is 0 Å². The Morgan fingerprint density at radius 3 is 1.51 bits per heavy atom. The molecule has 9 heteroatoms. The number of carbonyl (C=O) groups excluding carboxylic acids is 1. The van der Waals surface area contributed by atoms with Gasteiger partial charge in [0.2, 0.25) is 5.91 Å². The number of allylic oxidation sites excluding steroid dienone is 11. The van der Waals surface area contributed by atoms with E-state index in [1.54, 1.807) is 6.08 Å². The van der Waals surface area contributed by atoms with Gasteiger partial charge in [0.15, 0.2) is 0 Å². The number of nitrogens with zero attached hydrogens (tertiary/aromatic N) is 1. The summed E-state index contributed by atoms with van der Waals surface area (Å²) in [4.78, 5) is 25.3. The molecule has 342 valence electrons. The van der Waals surface area contributed by atoms with Crippen LogP contribution in [0.3, 0.4) is 0 Å². The highest BCUT2D eigenvalue weighted by Crippen LogP contribution is 2.38. The van der Waals surface area contributed by atoms with Crippen molar-refractivity contribution < 1.29 is 32.9 Å². The van der Waals surface area contributed by atoms with Gasteiger partial charge in [0.05, 0.1) is 39.9 Å². The van der Waals surface area contributed by atoms with Gasteiger partial charge in [0, 0.05) is 6.42 Å². The smallest absolute Gasteiger partial charge is 0.268 e. The van der Waals surface area contributed by atoms with Crippen LogP contribution in [0.4, 0.5) is 0 Å². The van der Waals surface area contributed by atoms with Crippen molar-refractivity contribution in [3.8, 4) is 0 Å². The second-order valence-corrected chi connectivity index (χ2v) is 18.5. The number of rotatable bonds is 42. The zero-order chi connectivity index (χ0) is 43.6. The summed E-state index contributed by atoms with van der Waals surface area (Å²) in [5, 5.41) is 13.8. The number of amides is 1. The van der Waals surface area contributed by atoms with E-state index in [0.717, 1.165) is 77.0 Å². The van der Waals surface area contributed by atoms with E-state index in [9.17, 15) is 19.4 Å². The van der Waals surface area contributed by atoms with Crippen molar-refractivity contribution in [2.75, 3.05) is 40.9 Å². The van der Waals surface area contributed by atoms with Gasteiger partial charge < -0.3 is 28.8 Å². The summed E-state index contributed by atoms with van der Waals surface area (Å²) < 4.78 is 23.2. The van der Waals surface area contributed by atoms with Gasteiger partial charge in [0.25, 0.3) is 7.82 Å². The SMILES string of the molecule is CC/C=C\C/C=C\C/C=C\C/C=C\C/C=C\CCCCCCCCCCCC(=O)NC(COP(=O)([O-])OCC[N+](C)(C)C)C(O)/C=C/CCCCCCCCCCCC. The van der Waals surface area contributed by atoms with Crippen molar-refractivity contribution in [2.24, 2.45) is 0 Å². The molecule has 0 aliphatic carbocycles. The normalized spacial score (nSPS) is 14.9. The first-order valence-electron chi connectivity index (χ1n) is 23.8. The van der Waals surface area contributed by atoms with Crippen LogP contribution < -0.4 is 10.2 Å². The van der Waals surface area contributed by atoms with E-state index < -0.39 is 20.0 Å². The van der Waals surface area contributed by atoms with Crippen LogP contribution in [0.1, 0.15) is 187 Å². The number of hydrogen-bond acceptors (Lipinski definition) is 6. The fraction of sp³-hybridized carbons (Fsp3) is 0.740. The van der Waals surface area contributed by atoms with Gasteiger partial charge in [-0.15, -0.1) is 0 Å². The molecule has 2 N–H and O–H groups in total. The maximum absolute atomic E-state index is 12.9. The fourth-order valence-corrected chi connectivity index (χ4v) is 7.14. The first-order valence-corrected chi connectivity index (χ1v) is 25.3. The molecule has 0 aromatic carbocycles. The predicted molar refractivity (Wildman–Crippen MR) is 251 cm³/mol. The molecule has 3 atom stereocenters. The first kappa shape index (κ1) is 56.9. The van der Waals surface area contributed by atoms with Crippen molar-refractivity contribution in [1.82, 2.24) is 5.32 Å².